The largest absolute Gasteiger partial charge is 0.369 e. The van der Waals surface area contributed by atoms with Crippen molar-refractivity contribution in [1.29, 1.82) is 0 Å². The summed E-state index contributed by atoms with van der Waals surface area (Å²) in [5.41, 5.74) is 3.94. The number of rotatable bonds is 9. The zero-order valence-corrected chi connectivity index (χ0v) is 25.2. The molecule has 1 fully saturated rings. The predicted octanol–water partition coefficient (Wildman–Crippen LogP) is 5.98. The molecule has 3 heterocycles. The van der Waals surface area contributed by atoms with Crippen LogP contribution in [-0.2, 0) is 4.79 Å². The number of nitrogens with zero attached hydrogens (tertiary/aromatic N) is 3. The van der Waals surface area contributed by atoms with E-state index in [2.05, 4.69) is 54.1 Å². The van der Waals surface area contributed by atoms with Gasteiger partial charge in [-0.2, -0.15) is 0 Å². The minimum atomic E-state index is -0.434. The number of aryl methyl sites for hydroxylation is 1. The van der Waals surface area contributed by atoms with Crippen LogP contribution in [0.2, 0.25) is 5.02 Å². The van der Waals surface area contributed by atoms with E-state index in [9.17, 15) is 9.59 Å². The first-order valence-corrected chi connectivity index (χ1v) is 15.5. The van der Waals surface area contributed by atoms with E-state index >= 15 is 0 Å². The quantitative estimate of drug-likeness (QED) is 0.318. The lowest BCUT2D eigenvalue weighted by atomic mass is 9.81. The number of halogens is 1. The van der Waals surface area contributed by atoms with Crippen LogP contribution in [0, 0.1) is 12.8 Å². The molecule has 1 N–H and O–H groups in total. The van der Waals surface area contributed by atoms with Gasteiger partial charge >= 0.3 is 0 Å². The van der Waals surface area contributed by atoms with Crippen molar-refractivity contribution in [2.24, 2.45) is 5.92 Å². The number of benzene rings is 2. The van der Waals surface area contributed by atoms with Crippen molar-refractivity contribution < 1.29 is 9.59 Å². The standard InChI is InChI=1S/C32H39ClN4O2S/c1-22(2)21-37-30(28-10-6-19-40-28)29(25-8-4-5-9-26(25)32(37)39)31(38)34-13-7-14-35-15-17-36(18-16-35)27-20-24(33)12-11-23(27)3/h4-6,8-12,19-20,22,29-30H,7,13-18,21H2,1-3H3,(H,34,38)/t29-,30+/m0/s1. The lowest BCUT2D eigenvalue weighted by molar-refractivity contribution is -0.124. The van der Waals surface area contributed by atoms with Gasteiger partial charge in [0.15, 0.2) is 0 Å². The van der Waals surface area contributed by atoms with Gasteiger partial charge in [0.1, 0.15) is 0 Å². The molecule has 0 saturated carbocycles. The number of thiophene rings is 1. The molecule has 5 rings (SSSR count). The Morgan fingerprint density at radius 3 is 2.58 bits per heavy atom. The minimum absolute atomic E-state index is 0.00615. The molecule has 2 aliphatic rings. The normalized spacial score (nSPS) is 19.7. The van der Waals surface area contributed by atoms with Crippen LogP contribution in [0.25, 0.3) is 0 Å². The summed E-state index contributed by atoms with van der Waals surface area (Å²) in [5.74, 6) is -0.133. The first-order chi connectivity index (χ1) is 19.3. The van der Waals surface area contributed by atoms with Crippen molar-refractivity contribution in [2.45, 2.75) is 39.2 Å². The monoisotopic (exact) mass is 578 g/mol. The van der Waals surface area contributed by atoms with Crippen LogP contribution < -0.4 is 10.2 Å². The van der Waals surface area contributed by atoms with E-state index in [1.165, 1.54) is 11.3 Å². The Morgan fingerprint density at radius 1 is 1.07 bits per heavy atom. The van der Waals surface area contributed by atoms with Gasteiger partial charge in [-0.15, -0.1) is 11.3 Å². The van der Waals surface area contributed by atoms with Gasteiger partial charge in [0.2, 0.25) is 5.91 Å². The van der Waals surface area contributed by atoms with Gasteiger partial charge in [-0.25, -0.2) is 0 Å². The van der Waals surface area contributed by atoms with E-state index < -0.39 is 5.92 Å². The smallest absolute Gasteiger partial charge is 0.254 e. The van der Waals surface area contributed by atoms with Crippen LogP contribution in [0.1, 0.15) is 58.6 Å². The molecule has 2 amide bonds. The van der Waals surface area contributed by atoms with E-state index in [0.29, 0.717) is 24.6 Å². The first kappa shape index (κ1) is 28.7. The molecular formula is C32H39ClN4O2S. The highest BCUT2D eigenvalue weighted by Crippen LogP contribution is 2.44. The molecule has 6 nitrogen and oxygen atoms in total. The van der Waals surface area contributed by atoms with Crippen molar-refractivity contribution in [3.8, 4) is 0 Å². The molecule has 0 spiro atoms. The van der Waals surface area contributed by atoms with Crippen molar-refractivity contribution in [3.63, 3.8) is 0 Å². The van der Waals surface area contributed by atoms with Crippen LogP contribution in [0.5, 0.6) is 0 Å². The second kappa shape index (κ2) is 12.8. The third-order valence-corrected chi connectivity index (χ3v) is 9.13. The van der Waals surface area contributed by atoms with E-state index in [1.54, 1.807) is 11.3 Å². The molecule has 212 valence electrons. The molecule has 0 unspecified atom stereocenters. The van der Waals surface area contributed by atoms with E-state index in [-0.39, 0.29) is 17.9 Å². The maximum atomic E-state index is 13.8. The Balaban J connectivity index is 1.22. The summed E-state index contributed by atoms with van der Waals surface area (Å²) in [6.07, 6.45) is 0.884. The maximum absolute atomic E-state index is 13.8. The first-order valence-electron chi connectivity index (χ1n) is 14.3. The van der Waals surface area contributed by atoms with Crippen molar-refractivity contribution >= 4 is 40.4 Å². The second-order valence-electron chi connectivity index (χ2n) is 11.3. The average molecular weight is 579 g/mol. The van der Waals surface area contributed by atoms with Crippen molar-refractivity contribution in [1.82, 2.24) is 15.1 Å². The molecule has 1 saturated heterocycles. The van der Waals surface area contributed by atoms with Crippen molar-refractivity contribution in [2.75, 3.05) is 50.7 Å². The molecule has 2 atom stereocenters. The fraction of sp³-hybridized carbons (Fsp3) is 0.438. The molecule has 8 heteroatoms. The van der Waals surface area contributed by atoms with E-state index in [0.717, 1.165) is 54.6 Å². The lowest BCUT2D eigenvalue weighted by Gasteiger charge is -2.42. The fourth-order valence-electron chi connectivity index (χ4n) is 6.01. The molecule has 3 aromatic rings. The van der Waals surface area contributed by atoms with Crippen LogP contribution in [0.3, 0.4) is 0 Å². The Labute approximate surface area is 246 Å². The summed E-state index contributed by atoms with van der Waals surface area (Å²) in [5, 5.41) is 6.04. The fourth-order valence-corrected chi connectivity index (χ4v) is 7.05. The predicted molar refractivity (Wildman–Crippen MR) is 165 cm³/mol. The summed E-state index contributed by atoms with van der Waals surface area (Å²) >= 11 is 7.86. The highest BCUT2D eigenvalue weighted by atomic mass is 35.5. The van der Waals surface area contributed by atoms with Gasteiger partial charge < -0.3 is 15.1 Å². The summed E-state index contributed by atoms with van der Waals surface area (Å²) in [4.78, 5) is 35.3. The molecule has 0 bridgehead atoms. The maximum Gasteiger partial charge on any atom is 0.254 e. The Bertz CT molecular complexity index is 1320. The van der Waals surface area contributed by atoms with Crippen molar-refractivity contribution in [3.05, 3.63) is 86.6 Å². The van der Waals surface area contributed by atoms with Crippen LogP contribution in [0.15, 0.2) is 60.0 Å². The third kappa shape index (κ3) is 6.22. The van der Waals surface area contributed by atoms with Gasteiger partial charge in [-0.05, 0) is 66.6 Å². The number of fused-ring (bicyclic) bond motifs is 1. The van der Waals surface area contributed by atoms with Gasteiger partial charge in [0, 0.05) is 60.4 Å². The van der Waals surface area contributed by atoms with Crippen LogP contribution in [-0.4, -0.2) is 67.4 Å². The Kier molecular flexibility index (Phi) is 9.13. The molecule has 40 heavy (non-hydrogen) atoms. The number of hydrogen-bond donors (Lipinski definition) is 1. The van der Waals surface area contributed by atoms with E-state index in [1.807, 2.05) is 46.7 Å². The number of nitrogens with one attached hydrogen (secondary N) is 1. The topological polar surface area (TPSA) is 55.9 Å². The zero-order chi connectivity index (χ0) is 28.2. The number of carbonyl (C=O) groups excluding carboxylic acids is 2. The number of anilines is 1. The average Bonchev–Trinajstić information content (AvgIpc) is 3.48. The zero-order valence-electron chi connectivity index (χ0n) is 23.6. The van der Waals surface area contributed by atoms with Gasteiger partial charge in [0.05, 0.1) is 12.0 Å². The molecule has 0 radical (unpaired) electrons. The number of amides is 2. The summed E-state index contributed by atoms with van der Waals surface area (Å²) in [7, 11) is 0. The summed E-state index contributed by atoms with van der Waals surface area (Å²) < 4.78 is 0. The van der Waals surface area contributed by atoms with Gasteiger partial charge in [0.25, 0.3) is 5.91 Å². The second-order valence-corrected chi connectivity index (χ2v) is 12.7. The third-order valence-electron chi connectivity index (χ3n) is 7.95. The Morgan fingerprint density at radius 2 is 1.85 bits per heavy atom. The molecular weight excluding hydrogens is 540 g/mol. The molecule has 2 aromatic carbocycles. The van der Waals surface area contributed by atoms with Gasteiger partial charge in [-0.1, -0.05) is 55.8 Å². The summed E-state index contributed by atoms with van der Waals surface area (Å²) in [6.45, 7) is 12.4. The van der Waals surface area contributed by atoms with Crippen LogP contribution >= 0.6 is 22.9 Å². The van der Waals surface area contributed by atoms with Gasteiger partial charge in [-0.3, -0.25) is 14.5 Å². The van der Waals surface area contributed by atoms with Crippen LogP contribution in [0.4, 0.5) is 5.69 Å². The Hall–Kier alpha value is -2.87. The highest BCUT2D eigenvalue weighted by Gasteiger charge is 2.44. The minimum Gasteiger partial charge on any atom is -0.369 e. The number of carbonyl (C=O) groups is 2. The molecule has 1 aromatic heterocycles. The molecule has 0 aliphatic carbocycles. The van der Waals surface area contributed by atoms with E-state index in [4.69, 9.17) is 11.6 Å². The highest BCUT2D eigenvalue weighted by molar-refractivity contribution is 7.10. The summed E-state index contributed by atoms with van der Waals surface area (Å²) in [6, 6.07) is 17.5. The lowest BCUT2D eigenvalue weighted by Crippen LogP contribution is -2.49. The number of piperazine rings is 1. The SMILES string of the molecule is Cc1ccc(Cl)cc1N1CCN(CCCNC(=O)[C@H]2c3ccccc3C(=O)N(CC(C)C)[C@@H]2c2cccs2)CC1. The number of hydrogen-bond acceptors (Lipinski definition) is 5. The molecule has 2 aliphatic heterocycles.